The molecule has 3 fully saturated rings. The number of nitrogens with zero attached hydrogens (tertiary/aromatic N) is 2. The van der Waals surface area contributed by atoms with Gasteiger partial charge in [0.25, 0.3) is 11.8 Å². The lowest BCUT2D eigenvalue weighted by molar-refractivity contribution is -0.138. The molecule has 2 aromatic carbocycles. The first kappa shape index (κ1) is 22.3. The van der Waals surface area contributed by atoms with Crippen LogP contribution in [-0.2, 0) is 9.59 Å². The van der Waals surface area contributed by atoms with E-state index in [2.05, 4.69) is 10.6 Å². The molecular weight excluding hydrogens is 463 g/mol. The van der Waals surface area contributed by atoms with Crippen molar-refractivity contribution in [3.63, 3.8) is 0 Å². The highest BCUT2D eigenvalue weighted by atomic mass is 35.5. The van der Waals surface area contributed by atoms with Gasteiger partial charge in [0.05, 0.1) is 11.1 Å². The Kier molecular flexibility index (Phi) is 5.73. The summed E-state index contributed by atoms with van der Waals surface area (Å²) >= 11 is 5.77. The van der Waals surface area contributed by atoms with Crippen molar-refractivity contribution in [1.82, 2.24) is 20.4 Å². The minimum absolute atomic E-state index is 0.133. The summed E-state index contributed by atoms with van der Waals surface area (Å²) in [5.41, 5.74) is 0.660. The molecule has 5 rings (SSSR count). The Hall–Kier alpha value is -3.46. The van der Waals surface area contributed by atoms with Crippen molar-refractivity contribution in [2.24, 2.45) is 0 Å². The van der Waals surface area contributed by atoms with E-state index < -0.39 is 35.9 Å². The molecule has 0 spiro atoms. The number of carbonyl (C=O) groups is 4. The number of nitrogens with one attached hydrogen (secondary N) is 2. The van der Waals surface area contributed by atoms with Gasteiger partial charge in [0.2, 0.25) is 11.8 Å². The van der Waals surface area contributed by atoms with Gasteiger partial charge < -0.3 is 20.4 Å². The van der Waals surface area contributed by atoms with Crippen LogP contribution in [0.5, 0.6) is 0 Å². The Balaban J connectivity index is 1.33. The number of amides is 4. The number of carbonyl (C=O) groups excluding carboxylic acids is 4. The molecule has 10 heteroatoms. The van der Waals surface area contributed by atoms with Crippen molar-refractivity contribution in [3.05, 3.63) is 70.5 Å². The maximum Gasteiger partial charge on any atom is 0.254 e. The lowest BCUT2D eigenvalue weighted by Gasteiger charge is -2.29. The first-order chi connectivity index (χ1) is 16.3. The smallest absolute Gasteiger partial charge is 0.254 e. The highest BCUT2D eigenvalue weighted by Gasteiger charge is 2.52. The lowest BCUT2D eigenvalue weighted by Crippen LogP contribution is -2.52. The van der Waals surface area contributed by atoms with Crippen LogP contribution in [0.15, 0.2) is 48.5 Å². The molecule has 0 aliphatic carbocycles. The second kappa shape index (κ2) is 8.72. The normalized spacial score (nSPS) is 25.9. The predicted octanol–water partition coefficient (Wildman–Crippen LogP) is 1.59. The first-order valence-electron chi connectivity index (χ1n) is 11.1. The average molecular weight is 485 g/mol. The zero-order valence-electron chi connectivity index (χ0n) is 18.0. The van der Waals surface area contributed by atoms with Crippen LogP contribution in [-0.4, -0.2) is 70.7 Å². The fraction of sp³-hybridized carbons (Fsp3) is 0.333. The van der Waals surface area contributed by atoms with Crippen LogP contribution in [0.3, 0.4) is 0 Å². The molecule has 4 unspecified atom stereocenters. The summed E-state index contributed by atoms with van der Waals surface area (Å²) in [6.07, 6.45) is 0.733. The van der Waals surface area contributed by atoms with E-state index in [1.54, 1.807) is 24.3 Å². The van der Waals surface area contributed by atoms with Gasteiger partial charge in [-0.2, -0.15) is 0 Å². The maximum atomic E-state index is 13.6. The Bertz CT molecular complexity index is 1180. The van der Waals surface area contributed by atoms with E-state index in [0.29, 0.717) is 18.5 Å². The minimum Gasteiger partial charge on any atom is -0.349 e. The van der Waals surface area contributed by atoms with E-state index in [0.717, 1.165) is 6.07 Å². The van der Waals surface area contributed by atoms with Gasteiger partial charge in [0.1, 0.15) is 17.9 Å². The van der Waals surface area contributed by atoms with Gasteiger partial charge in [-0.1, -0.05) is 29.8 Å². The van der Waals surface area contributed by atoms with Crippen LogP contribution < -0.4 is 10.6 Å². The van der Waals surface area contributed by atoms with Gasteiger partial charge in [-0.15, -0.1) is 0 Å². The van der Waals surface area contributed by atoms with Crippen LogP contribution in [0, 0.1) is 5.82 Å². The third-order valence-corrected chi connectivity index (χ3v) is 6.95. The maximum absolute atomic E-state index is 13.6. The Morgan fingerprint density at radius 1 is 1.09 bits per heavy atom. The molecule has 3 heterocycles. The number of hydrogen-bond donors (Lipinski definition) is 2. The second-order valence-electron chi connectivity index (χ2n) is 8.75. The van der Waals surface area contributed by atoms with Gasteiger partial charge in [0.15, 0.2) is 0 Å². The van der Waals surface area contributed by atoms with Gasteiger partial charge in [0, 0.05) is 30.3 Å². The van der Waals surface area contributed by atoms with Crippen LogP contribution in [0.25, 0.3) is 0 Å². The molecule has 4 atom stereocenters. The quantitative estimate of drug-likeness (QED) is 0.691. The van der Waals surface area contributed by atoms with Gasteiger partial charge >= 0.3 is 0 Å². The monoisotopic (exact) mass is 484 g/mol. The molecule has 4 amide bonds. The van der Waals surface area contributed by atoms with Crippen molar-refractivity contribution in [3.8, 4) is 0 Å². The van der Waals surface area contributed by atoms with Crippen molar-refractivity contribution >= 4 is 35.2 Å². The largest absolute Gasteiger partial charge is 0.349 e. The molecule has 2 aromatic rings. The summed E-state index contributed by atoms with van der Waals surface area (Å²) in [4.78, 5) is 55.2. The fourth-order valence-electron chi connectivity index (χ4n) is 5.01. The van der Waals surface area contributed by atoms with Gasteiger partial charge in [-0.05, 0) is 43.2 Å². The molecule has 8 nitrogen and oxygen atoms in total. The summed E-state index contributed by atoms with van der Waals surface area (Å²) in [7, 11) is 0. The molecule has 0 bridgehead atoms. The number of fused-ring (bicyclic) bond motifs is 2. The molecule has 34 heavy (non-hydrogen) atoms. The number of likely N-dealkylation sites (tertiary alicyclic amines) is 1. The molecule has 3 aliphatic heterocycles. The predicted molar refractivity (Wildman–Crippen MR) is 121 cm³/mol. The molecule has 3 saturated heterocycles. The Morgan fingerprint density at radius 2 is 1.85 bits per heavy atom. The van der Waals surface area contributed by atoms with Crippen molar-refractivity contribution in [2.75, 3.05) is 13.1 Å². The Labute approximate surface area is 200 Å². The number of halogens is 2. The van der Waals surface area contributed by atoms with Crippen LogP contribution >= 0.6 is 11.6 Å². The van der Waals surface area contributed by atoms with Crippen LogP contribution in [0.1, 0.15) is 33.6 Å². The first-order valence-corrected chi connectivity index (χ1v) is 11.4. The van der Waals surface area contributed by atoms with Gasteiger partial charge in [-0.3, -0.25) is 19.2 Å². The summed E-state index contributed by atoms with van der Waals surface area (Å²) in [6.45, 7) is 0.493. The van der Waals surface area contributed by atoms with E-state index in [1.807, 2.05) is 6.07 Å². The third-order valence-electron chi connectivity index (χ3n) is 6.66. The fourth-order valence-corrected chi connectivity index (χ4v) is 5.19. The number of hydrogen-bond acceptors (Lipinski definition) is 4. The zero-order chi connectivity index (χ0) is 24.0. The topological polar surface area (TPSA) is 98.8 Å². The molecule has 0 saturated carbocycles. The van der Waals surface area contributed by atoms with Crippen molar-refractivity contribution in [1.29, 1.82) is 0 Å². The second-order valence-corrected chi connectivity index (χ2v) is 9.16. The average Bonchev–Trinajstić information content (AvgIpc) is 3.43. The minimum atomic E-state index is -0.799. The summed E-state index contributed by atoms with van der Waals surface area (Å²) in [6, 6.07) is 9.90. The molecular formula is C24H22ClFN4O4. The molecule has 0 radical (unpaired) electrons. The standard InChI is InChI=1S/C24H22ClFN4O4/c25-16-10-14(6-7-17(16)26)21(31)27-15-11-19-22(32)28-18-8-9-29(20(18)24(34)30(19)12-15)23(33)13-4-2-1-3-5-13/h1-7,10,15,18-20H,8-9,11-12H2,(H,27,31)(H,28,32). The molecule has 0 aromatic heterocycles. The lowest BCUT2D eigenvalue weighted by atomic mass is 10.1. The number of benzene rings is 2. The zero-order valence-corrected chi connectivity index (χ0v) is 18.8. The van der Waals surface area contributed by atoms with Crippen molar-refractivity contribution in [2.45, 2.75) is 37.0 Å². The molecule has 3 aliphatic rings. The summed E-state index contributed by atoms with van der Waals surface area (Å²) in [5, 5.41) is 5.57. The van der Waals surface area contributed by atoms with E-state index in [-0.39, 0.29) is 41.3 Å². The van der Waals surface area contributed by atoms with E-state index in [4.69, 9.17) is 11.6 Å². The molecule has 176 valence electrons. The Morgan fingerprint density at radius 3 is 2.59 bits per heavy atom. The van der Waals surface area contributed by atoms with E-state index >= 15 is 0 Å². The van der Waals surface area contributed by atoms with Crippen LogP contribution in [0.4, 0.5) is 4.39 Å². The van der Waals surface area contributed by atoms with Crippen LogP contribution in [0.2, 0.25) is 5.02 Å². The highest BCUT2D eigenvalue weighted by Crippen LogP contribution is 2.30. The highest BCUT2D eigenvalue weighted by molar-refractivity contribution is 6.31. The molecule has 2 N–H and O–H groups in total. The third kappa shape index (κ3) is 3.90. The van der Waals surface area contributed by atoms with E-state index in [9.17, 15) is 23.6 Å². The SMILES string of the molecule is O=C(NC1CC2C(=O)NC3CCN(C(=O)c4ccccc4)C3C(=O)N2C1)c1ccc(F)c(Cl)c1. The van der Waals surface area contributed by atoms with Gasteiger partial charge in [-0.25, -0.2) is 4.39 Å². The summed E-state index contributed by atoms with van der Waals surface area (Å²) in [5.74, 6) is -1.97. The summed E-state index contributed by atoms with van der Waals surface area (Å²) < 4.78 is 13.4. The van der Waals surface area contributed by atoms with Crippen molar-refractivity contribution < 1.29 is 23.6 Å². The number of rotatable bonds is 3. The van der Waals surface area contributed by atoms with E-state index in [1.165, 1.54) is 21.9 Å².